The fourth-order valence-electron chi connectivity index (χ4n) is 5.00. The summed E-state index contributed by atoms with van der Waals surface area (Å²) in [5, 5.41) is 38.9. The molecule has 2 aromatic rings. The van der Waals surface area contributed by atoms with Gasteiger partial charge in [-0.1, -0.05) is 56.3 Å². The fourth-order valence-corrected chi connectivity index (χ4v) is 5.00. The summed E-state index contributed by atoms with van der Waals surface area (Å²) < 4.78 is 31.7. The number of benzene rings is 2. The van der Waals surface area contributed by atoms with Crippen molar-refractivity contribution in [3.63, 3.8) is 0 Å². The van der Waals surface area contributed by atoms with Crippen molar-refractivity contribution in [2.24, 2.45) is 28.1 Å². The molecule has 0 radical (unpaired) electrons. The minimum absolute atomic E-state index is 0.0352. The lowest BCUT2D eigenvalue weighted by Crippen LogP contribution is -2.57. The van der Waals surface area contributed by atoms with Crippen LogP contribution in [0.2, 0.25) is 0 Å². The summed E-state index contributed by atoms with van der Waals surface area (Å²) in [6.45, 7) is 4.71. The van der Waals surface area contributed by atoms with Crippen molar-refractivity contribution in [3.05, 3.63) is 65.7 Å². The van der Waals surface area contributed by atoms with E-state index in [-0.39, 0.29) is 56.3 Å². The normalized spacial score (nSPS) is 13.4. The average molecular weight is 840 g/mol. The highest BCUT2D eigenvalue weighted by Gasteiger charge is 2.38. The number of carbonyl (C=O) groups is 7. The Labute approximate surface area is 337 Å². The van der Waals surface area contributed by atoms with E-state index < -0.39 is 84.4 Å². The number of halogens is 3. The highest BCUT2D eigenvalue weighted by atomic mass is 19.4. The van der Waals surface area contributed by atoms with Crippen molar-refractivity contribution >= 4 is 47.4 Å². The Morgan fingerprint density at radius 3 is 1.80 bits per heavy atom. The summed E-state index contributed by atoms with van der Waals surface area (Å²) in [7, 11) is 0. The first-order chi connectivity index (χ1) is 27.5. The Bertz CT molecular complexity index is 1740. The molecule has 2 aromatic carbocycles. The number of guanidine groups is 1. The average Bonchev–Trinajstić information content (AvgIpc) is 3.15. The molecule has 0 saturated heterocycles. The molecule has 0 heterocycles. The van der Waals surface area contributed by atoms with Gasteiger partial charge in [0.15, 0.2) is 5.96 Å². The number of amides is 5. The number of rotatable bonds is 21. The highest BCUT2D eigenvalue weighted by molar-refractivity contribution is 5.95. The number of alkyl halides is 3. The number of aliphatic carboxylic acids is 2. The van der Waals surface area contributed by atoms with Gasteiger partial charge in [-0.15, -0.1) is 0 Å². The van der Waals surface area contributed by atoms with Gasteiger partial charge in [-0.2, -0.15) is 13.2 Å². The molecule has 0 fully saturated rings. The monoisotopic (exact) mass is 839 g/mol. The van der Waals surface area contributed by atoms with Crippen LogP contribution in [0, 0.1) is 5.92 Å². The van der Waals surface area contributed by atoms with Crippen LogP contribution in [-0.2, 0) is 46.4 Å². The third kappa shape index (κ3) is 21.0. The van der Waals surface area contributed by atoms with Crippen LogP contribution in [0.5, 0.6) is 5.75 Å². The quantitative estimate of drug-likeness (QED) is 0.0426. The van der Waals surface area contributed by atoms with E-state index in [0.717, 1.165) is 0 Å². The third-order valence-corrected chi connectivity index (χ3v) is 7.98. The number of phenolic OH excluding ortho intramolecular Hbond substituents is 1. The zero-order valence-electron chi connectivity index (χ0n) is 32.6. The first-order valence-corrected chi connectivity index (χ1v) is 18.1. The molecule has 0 bridgehead atoms. The van der Waals surface area contributed by atoms with Crippen LogP contribution >= 0.6 is 0 Å². The second-order valence-corrected chi connectivity index (χ2v) is 13.6. The number of nitrogens with two attached hydrogens (primary N) is 3. The SMILES string of the molecule is CC(C)C[C@H](NC(=O)[C@H](Cc1ccccc1)NC(=O)CNC(=O)[C@@H](C)NC(=O)[C@@H](N)Cc1ccc(O)cc1)C(=O)N[C@@H](CCCN=C(N)N)C(=O)O.O=C(O)C(F)(F)F. The van der Waals surface area contributed by atoms with Crippen molar-refractivity contribution < 1.29 is 62.1 Å². The largest absolute Gasteiger partial charge is 0.508 e. The molecule has 14 N–H and O–H groups in total. The number of nitrogens with zero attached hydrogens (tertiary/aromatic N) is 1. The molecule has 22 heteroatoms. The Morgan fingerprint density at radius 1 is 0.729 bits per heavy atom. The second kappa shape index (κ2) is 25.0. The molecule has 0 aromatic heterocycles. The topological polar surface area (TPSA) is 331 Å². The Balaban J connectivity index is 0.00000227. The minimum atomic E-state index is -5.08. The molecular formula is C37H52F3N9O10. The molecular weight excluding hydrogens is 787 g/mol. The predicted molar refractivity (Wildman–Crippen MR) is 207 cm³/mol. The zero-order valence-corrected chi connectivity index (χ0v) is 32.6. The van der Waals surface area contributed by atoms with Crippen LogP contribution in [0.4, 0.5) is 13.2 Å². The van der Waals surface area contributed by atoms with Gasteiger partial charge in [0.2, 0.25) is 29.5 Å². The molecule has 0 saturated carbocycles. The maximum absolute atomic E-state index is 13.6. The number of phenols is 1. The van der Waals surface area contributed by atoms with Crippen LogP contribution in [0.15, 0.2) is 59.6 Å². The number of carboxylic acids is 2. The number of hydrogen-bond donors (Lipinski definition) is 11. The smallest absolute Gasteiger partial charge is 0.490 e. The van der Waals surface area contributed by atoms with Crippen molar-refractivity contribution in [3.8, 4) is 5.75 Å². The van der Waals surface area contributed by atoms with Crippen LogP contribution in [0.1, 0.15) is 51.2 Å². The zero-order chi connectivity index (χ0) is 44.9. The number of aliphatic imine (C=N–C) groups is 1. The van der Waals surface area contributed by atoms with E-state index >= 15 is 0 Å². The summed E-state index contributed by atoms with van der Waals surface area (Å²) in [5.74, 6) is -7.59. The Hall–Kier alpha value is -6.45. The van der Waals surface area contributed by atoms with Crippen molar-refractivity contribution in [1.29, 1.82) is 0 Å². The standard InChI is InChI=1S/C35H51N9O8.C2HF3O2/c1-20(2)16-27(32(49)43-26(34(51)52)10-7-15-39-35(37)38)44-33(50)28(18-22-8-5-4-6-9-22)42-29(46)19-40-30(47)21(3)41-31(48)25(36)17-23-11-13-24(45)14-12-23;3-2(4,5)1(6)7/h4-6,8-9,11-14,20-21,25-28,45H,7,10,15-19,36H2,1-3H3,(H,40,47)(H,41,48)(H,42,46)(H,43,49)(H,44,50)(H,51,52)(H4,37,38,39);(H,6,7)/t21-,25+,26+,27+,28+;/m1./s1. The van der Waals surface area contributed by atoms with E-state index in [1.807, 2.05) is 13.8 Å². The van der Waals surface area contributed by atoms with Crippen molar-refractivity contribution in [2.75, 3.05) is 13.1 Å². The Morgan fingerprint density at radius 2 is 1.27 bits per heavy atom. The molecule has 5 amide bonds. The first-order valence-electron chi connectivity index (χ1n) is 18.1. The predicted octanol–water partition coefficient (Wildman–Crippen LogP) is -0.602. The molecule has 2 rings (SSSR count). The maximum Gasteiger partial charge on any atom is 0.490 e. The third-order valence-electron chi connectivity index (χ3n) is 7.98. The lowest BCUT2D eigenvalue weighted by Gasteiger charge is -2.26. The molecule has 0 aliphatic heterocycles. The summed E-state index contributed by atoms with van der Waals surface area (Å²) in [6.07, 6.45) is -4.40. The van der Waals surface area contributed by atoms with Crippen molar-refractivity contribution in [2.45, 2.75) is 89.3 Å². The number of nitrogens with one attached hydrogen (secondary N) is 5. The first kappa shape index (κ1) is 50.6. The van der Waals surface area contributed by atoms with Gasteiger partial charge < -0.3 is 59.1 Å². The molecule has 326 valence electrons. The van der Waals surface area contributed by atoms with Crippen LogP contribution in [0.25, 0.3) is 0 Å². The van der Waals surface area contributed by atoms with Gasteiger partial charge in [0, 0.05) is 13.0 Å². The fraction of sp³-hybridized carbons (Fsp3) is 0.459. The maximum atomic E-state index is 13.6. The van der Waals surface area contributed by atoms with E-state index in [2.05, 4.69) is 31.6 Å². The van der Waals surface area contributed by atoms with E-state index in [4.69, 9.17) is 27.1 Å². The van der Waals surface area contributed by atoms with E-state index in [0.29, 0.717) is 11.1 Å². The van der Waals surface area contributed by atoms with Crippen LogP contribution in [0.3, 0.4) is 0 Å². The molecule has 0 unspecified atom stereocenters. The van der Waals surface area contributed by atoms with E-state index in [1.54, 1.807) is 42.5 Å². The van der Waals surface area contributed by atoms with Gasteiger partial charge in [0.25, 0.3) is 0 Å². The molecule has 0 aliphatic rings. The molecule has 59 heavy (non-hydrogen) atoms. The van der Waals surface area contributed by atoms with Gasteiger partial charge in [-0.25, -0.2) is 9.59 Å². The molecule has 0 spiro atoms. The minimum Gasteiger partial charge on any atom is -0.508 e. The van der Waals surface area contributed by atoms with Gasteiger partial charge in [0.1, 0.15) is 29.9 Å². The van der Waals surface area contributed by atoms with Crippen molar-refractivity contribution in [1.82, 2.24) is 26.6 Å². The number of hydrogen-bond acceptors (Lipinski definition) is 10. The van der Waals surface area contributed by atoms with Gasteiger partial charge in [-0.05, 0) is 61.8 Å². The van der Waals surface area contributed by atoms with Gasteiger partial charge in [0.05, 0.1) is 12.6 Å². The number of aromatic hydroxyl groups is 1. The van der Waals surface area contributed by atoms with E-state index in [1.165, 1.54) is 19.1 Å². The van der Waals surface area contributed by atoms with Crippen LogP contribution in [-0.4, -0.2) is 112 Å². The Kier molecular flexibility index (Phi) is 21.5. The highest BCUT2D eigenvalue weighted by Crippen LogP contribution is 2.14. The summed E-state index contributed by atoms with van der Waals surface area (Å²) in [5.41, 5.74) is 18.0. The van der Waals surface area contributed by atoms with E-state index in [9.17, 15) is 52.2 Å². The molecule has 5 atom stereocenters. The van der Waals surface area contributed by atoms with Gasteiger partial charge in [-0.3, -0.25) is 29.0 Å². The number of carboxylic acid groups (broad SMARTS) is 2. The summed E-state index contributed by atoms with van der Waals surface area (Å²) >= 11 is 0. The lowest BCUT2D eigenvalue weighted by molar-refractivity contribution is -0.192. The second-order valence-electron chi connectivity index (χ2n) is 13.6. The summed E-state index contributed by atoms with van der Waals surface area (Å²) in [6, 6.07) is 9.37. The lowest BCUT2D eigenvalue weighted by atomic mass is 10.0. The van der Waals surface area contributed by atoms with Gasteiger partial charge >= 0.3 is 18.1 Å². The van der Waals surface area contributed by atoms with Crippen LogP contribution < -0.4 is 43.8 Å². The molecule has 19 nitrogen and oxygen atoms in total. The number of carbonyl (C=O) groups excluding carboxylic acids is 5. The summed E-state index contributed by atoms with van der Waals surface area (Å²) in [4.78, 5) is 89.8. The molecule has 0 aliphatic carbocycles.